The van der Waals surface area contributed by atoms with E-state index >= 15 is 0 Å². The minimum Gasteiger partial charge on any atom is -0.761 e. The Hall–Kier alpha value is -0.160. The SMILES string of the molecule is CCC(C)(N(C)C)N([O-])OC. The Labute approximate surface area is 68.3 Å². The third kappa shape index (κ3) is 2.13. The summed E-state index contributed by atoms with van der Waals surface area (Å²) in [6.07, 6.45) is 0.720. The van der Waals surface area contributed by atoms with Crippen LogP contribution in [-0.4, -0.2) is 37.0 Å². The second kappa shape index (κ2) is 4.01. The van der Waals surface area contributed by atoms with Crippen molar-refractivity contribution in [1.82, 2.24) is 10.1 Å². The van der Waals surface area contributed by atoms with Crippen LogP contribution in [0.15, 0.2) is 0 Å². The van der Waals surface area contributed by atoms with Gasteiger partial charge in [-0.25, -0.2) is 5.23 Å². The Bertz CT molecular complexity index is 119. The normalized spacial score (nSPS) is 17.5. The number of rotatable bonds is 4. The highest BCUT2D eigenvalue weighted by atomic mass is 16.9. The van der Waals surface area contributed by atoms with Gasteiger partial charge in [0.2, 0.25) is 0 Å². The summed E-state index contributed by atoms with van der Waals surface area (Å²) in [4.78, 5) is 6.44. The zero-order chi connectivity index (χ0) is 9.07. The molecule has 0 bridgehead atoms. The van der Waals surface area contributed by atoms with Gasteiger partial charge in [0.25, 0.3) is 0 Å². The Balaban J connectivity index is 4.32. The van der Waals surface area contributed by atoms with Crippen LogP contribution in [0.5, 0.6) is 0 Å². The molecule has 0 fully saturated rings. The predicted octanol–water partition coefficient (Wildman–Crippen LogP) is 1.04. The average molecular weight is 161 g/mol. The molecule has 4 nitrogen and oxygen atoms in total. The van der Waals surface area contributed by atoms with E-state index in [1.54, 1.807) is 0 Å². The molecule has 0 rings (SSSR count). The van der Waals surface area contributed by atoms with Crippen molar-refractivity contribution in [3.05, 3.63) is 5.21 Å². The zero-order valence-corrected chi connectivity index (χ0v) is 7.92. The second-order valence-corrected chi connectivity index (χ2v) is 2.90. The van der Waals surface area contributed by atoms with Gasteiger partial charge in [-0.15, -0.1) is 0 Å². The van der Waals surface area contributed by atoms with Crippen LogP contribution >= 0.6 is 0 Å². The summed E-state index contributed by atoms with van der Waals surface area (Å²) in [5.41, 5.74) is -0.561. The summed E-state index contributed by atoms with van der Waals surface area (Å²) in [5, 5.41) is 11.8. The van der Waals surface area contributed by atoms with E-state index in [1.165, 1.54) is 7.11 Å². The van der Waals surface area contributed by atoms with E-state index in [2.05, 4.69) is 4.84 Å². The summed E-state index contributed by atoms with van der Waals surface area (Å²) in [5.74, 6) is 0. The number of hydrogen-bond acceptors (Lipinski definition) is 4. The highest BCUT2D eigenvalue weighted by Crippen LogP contribution is 2.20. The first-order chi connectivity index (χ1) is 4.99. The smallest absolute Gasteiger partial charge is 0.0810 e. The van der Waals surface area contributed by atoms with Crippen molar-refractivity contribution < 1.29 is 4.84 Å². The van der Waals surface area contributed by atoms with Gasteiger partial charge in [-0.05, 0) is 27.4 Å². The number of hydrogen-bond donors (Lipinski definition) is 0. The van der Waals surface area contributed by atoms with Crippen LogP contribution < -0.4 is 0 Å². The van der Waals surface area contributed by atoms with Crippen LogP contribution in [0.1, 0.15) is 20.3 Å². The fourth-order valence-corrected chi connectivity index (χ4v) is 0.805. The van der Waals surface area contributed by atoms with Gasteiger partial charge in [-0.1, -0.05) is 6.92 Å². The molecule has 0 aliphatic heterocycles. The van der Waals surface area contributed by atoms with Crippen LogP contribution in [0.4, 0.5) is 0 Å². The molecule has 11 heavy (non-hydrogen) atoms. The Kier molecular flexibility index (Phi) is 3.96. The van der Waals surface area contributed by atoms with Crippen LogP contribution in [0.3, 0.4) is 0 Å². The standard InChI is InChI=1S/C7H17N2O2/c1-6-7(2,8(3)4)9(10)11-5/h6H2,1-5H3/q-1. The van der Waals surface area contributed by atoms with E-state index in [0.29, 0.717) is 5.23 Å². The topological polar surface area (TPSA) is 38.8 Å². The van der Waals surface area contributed by atoms with Crippen molar-refractivity contribution in [2.75, 3.05) is 21.2 Å². The molecule has 0 saturated carbocycles. The Morgan fingerprint density at radius 2 is 1.91 bits per heavy atom. The first kappa shape index (κ1) is 10.8. The van der Waals surface area contributed by atoms with Crippen LogP contribution in [-0.2, 0) is 4.84 Å². The monoisotopic (exact) mass is 161 g/mol. The molecule has 0 aromatic carbocycles. The molecule has 4 heteroatoms. The minimum atomic E-state index is -0.561. The van der Waals surface area contributed by atoms with Gasteiger partial charge in [0.05, 0.1) is 12.8 Å². The summed E-state index contributed by atoms with van der Waals surface area (Å²) in [6, 6.07) is 0. The average Bonchev–Trinajstić information content (AvgIpc) is 2.01. The summed E-state index contributed by atoms with van der Waals surface area (Å²) >= 11 is 0. The Morgan fingerprint density at radius 1 is 1.45 bits per heavy atom. The van der Waals surface area contributed by atoms with Crippen molar-refractivity contribution in [2.45, 2.75) is 25.9 Å². The third-order valence-corrected chi connectivity index (χ3v) is 2.19. The van der Waals surface area contributed by atoms with E-state index in [-0.39, 0.29) is 0 Å². The summed E-state index contributed by atoms with van der Waals surface area (Å²) < 4.78 is 0. The van der Waals surface area contributed by atoms with E-state index in [1.807, 2.05) is 32.8 Å². The lowest BCUT2D eigenvalue weighted by Crippen LogP contribution is -2.52. The van der Waals surface area contributed by atoms with Crippen molar-refractivity contribution in [3.63, 3.8) is 0 Å². The molecule has 0 aliphatic carbocycles. The fourth-order valence-electron chi connectivity index (χ4n) is 0.805. The molecule has 0 aromatic rings. The fraction of sp³-hybridized carbons (Fsp3) is 1.00. The van der Waals surface area contributed by atoms with Crippen molar-refractivity contribution in [2.24, 2.45) is 0 Å². The maximum absolute atomic E-state index is 11.2. The summed E-state index contributed by atoms with van der Waals surface area (Å²) in [6.45, 7) is 3.79. The van der Waals surface area contributed by atoms with Crippen molar-refractivity contribution in [3.8, 4) is 0 Å². The molecule has 1 atom stereocenters. The highest BCUT2D eigenvalue weighted by Gasteiger charge is 2.26. The molecule has 0 radical (unpaired) electrons. The van der Waals surface area contributed by atoms with Gasteiger partial charge < -0.3 is 10.0 Å². The maximum atomic E-state index is 11.2. The van der Waals surface area contributed by atoms with Gasteiger partial charge in [-0.2, -0.15) is 0 Å². The van der Waals surface area contributed by atoms with Crippen molar-refractivity contribution in [1.29, 1.82) is 0 Å². The van der Waals surface area contributed by atoms with Crippen LogP contribution in [0.25, 0.3) is 0 Å². The molecule has 1 unspecified atom stereocenters. The first-order valence-corrected chi connectivity index (χ1v) is 3.68. The molecule has 0 aromatic heterocycles. The molecule has 0 N–H and O–H groups in total. The molecule has 0 saturated heterocycles. The molecule has 0 spiro atoms. The van der Waals surface area contributed by atoms with Gasteiger partial charge in [0.1, 0.15) is 0 Å². The number of nitrogens with zero attached hydrogens (tertiary/aromatic N) is 2. The lowest BCUT2D eigenvalue weighted by atomic mass is 10.1. The molecular formula is C7H17N2O2-. The number of hydroxylamine groups is 2. The minimum absolute atomic E-state index is 0.561. The first-order valence-electron chi connectivity index (χ1n) is 3.68. The van der Waals surface area contributed by atoms with Gasteiger partial charge >= 0.3 is 0 Å². The third-order valence-electron chi connectivity index (χ3n) is 2.19. The molecular weight excluding hydrogens is 144 g/mol. The lowest BCUT2D eigenvalue weighted by Gasteiger charge is -2.47. The largest absolute Gasteiger partial charge is 0.761 e. The summed E-state index contributed by atoms with van der Waals surface area (Å²) in [7, 11) is 5.09. The molecule has 0 aliphatic rings. The predicted molar refractivity (Wildman–Crippen MR) is 44.6 cm³/mol. The van der Waals surface area contributed by atoms with E-state index in [0.717, 1.165) is 6.42 Å². The van der Waals surface area contributed by atoms with Crippen molar-refractivity contribution >= 4 is 0 Å². The Morgan fingerprint density at radius 3 is 2.00 bits per heavy atom. The molecule has 0 amide bonds. The molecule has 68 valence electrons. The van der Waals surface area contributed by atoms with E-state index in [9.17, 15) is 5.21 Å². The van der Waals surface area contributed by atoms with Crippen LogP contribution in [0.2, 0.25) is 0 Å². The van der Waals surface area contributed by atoms with E-state index < -0.39 is 5.66 Å². The quantitative estimate of drug-likeness (QED) is 0.456. The molecule has 0 heterocycles. The van der Waals surface area contributed by atoms with Crippen LogP contribution in [0, 0.1) is 5.21 Å². The maximum Gasteiger partial charge on any atom is 0.0810 e. The highest BCUT2D eigenvalue weighted by molar-refractivity contribution is 4.77. The van der Waals surface area contributed by atoms with Gasteiger partial charge in [-0.3, -0.25) is 4.90 Å². The second-order valence-electron chi connectivity index (χ2n) is 2.90. The van der Waals surface area contributed by atoms with Gasteiger partial charge in [0, 0.05) is 0 Å². The lowest BCUT2D eigenvalue weighted by molar-refractivity contribution is -0.203. The van der Waals surface area contributed by atoms with E-state index in [4.69, 9.17) is 0 Å². The zero-order valence-electron chi connectivity index (χ0n) is 7.92. The van der Waals surface area contributed by atoms with Gasteiger partial charge in [0.15, 0.2) is 0 Å².